The zero-order chi connectivity index (χ0) is 24.1. The van der Waals surface area contributed by atoms with Gasteiger partial charge in [-0.3, -0.25) is 19.3 Å². The van der Waals surface area contributed by atoms with Crippen LogP contribution in [0.5, 0.6) is 0 Å². The van der Waals surface area contributed by atoms with Crippen molar-refractivity contribution in [1.29, 1.82) is 0 Å². The van der Waals surface area contributed by atoms with E-state index in [1.54, 1.807) is 0 Å². The van der Waals surface area contributed by atoms with E-state index in [9.17, 15) is 19.2 Å². The fraction of sp³-hybridized carbons (Fsp3) is 0.333. The number of hydrogen-bond acceptors (Lipinski definition) is 5. The van der Waals surface area contributed by atoms with E-state index in [2.05, 4.69) is 5.32 Å². The normalized spacial score (nSPS) is 21.0. The molecule has 0 bridgehead atoms. The molecule has 176 valence electrons. The third kappa shape index (κ3) is 5.09. The van der Waals surface area contributed by atoms with Crippen LogP contribution in [0.1, 0.15) is 36.9 Å². The number of fused-ring (bicyclic) bond motifs is 1. The number of amides is 3. The van der Waals surface area contributed by atoms with Gasteiger partial charge in [-0.25, -0.2) is 4.79 Å². The van der Waals surface area contributed by atoms with Gasteiger partial charge in [-0.15, -0.1) is 0 Å². The van der Waals surface area contributed by atoms with Gasteiger partial charge >= 0.3 is 5.97 Å². The monoisotopic (exact) mass is 460 g/mol. The number of likely N-dealkylation sites (tertiary alicyclic amines) is 1. The molecule has 0 unspecified atom stereocenters. The highest BCUT2D eigenvalue weighted by atomic mass is 16.5. The molecule has 2 aromatic rings. The summed E-state index contributed by atoms with van der Waals surface area (Å²) in [4.78, 5) is 52.8. The number of imide groups is 1. The van der Waals surface area contributed by atoms with Crippen LogP contribution in [0.3, 0.4) is 0 Å². The highest BCUT2D eigenvalue weighted by Gasteiger charge is 2.51. The van der Waals surface area contributed by atoms with Crippen LogP contribution >= 0.6 is 0 Å². The summed E-state index contributed by atoms with van der Waals surface area (Å²) >= 11 is 0. The van der Waals surface area contributed by atoms with Gasteiger partial charge < -0.3 is 10.1 Å². The first kappa shape index (κ1) is 23.4. The van der Waals surface area contributed by atoms with Crippen molar-refractivity contribution in [3.63, 3.8) is 0 Å². The van der Waals surface area contributed by atoms with Gasteiger partial charge in [-0.1, -0.05) is 72.8 Å². The van der Waals surface area contributed by atoms with E-state index in [1.807, 2.05) is 79.7 Å². The first-order valence-corrected chi connectivity index (χ1v) is 11.5. The maximum atomic E-state index is 13.1. The predicted octanol–water partition coefficient (Wildman–Crippen LogP) is 2.97. The van der Waals surface area contributed by atoms with Crippen LogP contribution in [0.25, 0.3) is 0 Å². The van der Waals surface area contributed by atoms with Crippen molar-refractivity contribution < 1.29 is 23.9 Å². The number of benzene rings is 2. The van der Waals surface area contributed by atoms with E-state index in [0.717, 1.165) is 16.0 Å². The first-order valence-electron chi connectivity index (χ1n) is 11.5. The molecule has 0 radical (unpaired) electrons. The van der Waals surface area contributed by atoms with Gasteiger partial charge in [-0.05, 0) is 30.9 Å². The third-order valence-corrected chi connectivity index (χ3v) is 6.42. The van der Waals surface area contributed by atoms with E-state index in [0.29, 0.717) is 12.8 Å². The highest BCUT2D eigenvalue weighted by molar-refractivity contribution is 6.08. The fourth-order valence-corrected chi connectivity index (χ4v) is 4.59. The summed E-state index contributed by atoms with van der Waals surface area (Å²) in [5, 5.41) is 2.80. The number of nitrogens with zero attached hydrogens (tertiary/aromatic N) is 1. The fourth-order valence-electron chi connectivity index (χ4n) is 4.59. The molecule has 1 aliphatic carbocycles. The van der Waals surface area contributed by atoms with E-state index in [-0.39, 0.29) is 24.3 Å². The lowest BCUT2D eigenvalue weighted by atomic mass is 9.85. The van der Waals surface area contributed by atoms with Gasteiger partial charge in [0, 0.05) is 6.42 Å². The third-order valence-electron chi connectivity index (χ3n) is 6.42. The second kappa shape index (κ2) is 10.5. The van der Waals surface area contributed by atoms with Gasteiger partial charge in [0.1, 0.15) is 6.04 Å². The smallest absolute Gasteiger partial charge is 0.330 e. The van der Waals surface area contributed by atoms with Gasteiger partial charge in [0.05, 0.1) is 17.9 Å². The van der Waals surface area contributed by atoms with Crippen LogP contribution in [-0.4, -0.2) is 41.2 Å². The minimum absolute atomic E-state index is 0.131. The van der Waals surface area contributed by atoms with Crippen molar-refractivity contribution in [2.24, 2.45) is 11.8 Å². The molecule has 1 saturated heterocycles. The van der Waals surface area contributed by atoms with Crippen molar-refractivity contribution in [3.8, 4) is 0 Å². The zero-order valence-corrected chi connectivity index (χ0v) is 19.1. The number of hydrogen-bond donors (Lipinski definition) is 1. The van der Waals surface area contributed by atoms with Crippen molar-refractivity contribution in [1.82, 2.24) is 10.2 Å². The Labute approximate surface area is 198 Å². The Morgan fingerprint density at radius 3 is 2.09 bits per heavy atom. The quantitative estimate of drug-likeness (QED) is 0.371. The highest BCUT2D eigenvalue weighted by Crippen LogP contribution is 2.36. The Bertz CT molecular complexity index is 1060. The molecule has 1 N–H and O–H groups in total. The summed E-state index contributed by atoms with van der Waals surface area (Å²) in [6, 6.07) is 17.2. The van der Waals surface area contributed by atoms with Crippen molar-refractivity contribution in [2.45, 2.75) is 38.3 Å². The van der Waals surface area contributed by atoms with Crippen LogP contribution in [0.15, 0.2) is 72.8 Å². The van der Waals surface area contributed by atoms with Crippen LogP contribution in [0, 0.1) is 11.8 Å². The van der Waals surface area contributed by atoms with Crippen LogP contribution in [-0.2, 0) is 30.3 Å². The number of carbonyl (C=O) groups excluding carboxylic acids is 4. The molecular formula is C27H28N2O5. The second-order valence-electron chi connectivity index (χ2n) is 8.72. The molecule has 4 atom stereocenters. The Balaban J connectivity index is 1.45. The Hall–Kier alpha value is -3.74. The molecule has 0 spiro atoms. The van der Waals surface area contributed by atoms with Crippen molar-refractivity contribution in [2.75, 3.05) is 6.61 Å². The number of ether oxygens (including phenoxy) is 1. The Kier molecular flexibility index (Phi) is 7.21. The summed E-state index contributed by atoms with van der Waals surface area (Å²) in [6.45, 7) is 1.34. The van der Waals surface area contributed by atoms with Gasteiger partial charge in [0.25, 0.3) is 5.91 Å². The Morgan fingerprint density at radius 2 is 1.50 bits per heavy atom. The SMILES string of the molecule is C[C@H](NC(=O)COC(=O)[C@H](Cc1ccccc1)N1C(=O)[C@@H]2CC=CC[C@H]2C1=O)c1ccccc1. The minimum atomic E-state index is -1.12. The maximum absolute atomic E-state index is 13.1. The summed E-state index contributed by atoms with van der Waals surface area (Å²) in [5.74, 6) is -2.81. The molecule has 7 heteroatoms. The first-order chi connectivity index (χ1) is 16.5. The molecule has 2 aliphatic rings. The zero-order valence-electron chi connectivity index (χ0n) is 19.1. The number of allylic oxidation sites excluding steroid dienone is 2. The lowest BCUT2D eigenvalue weighted by Crippen LogP contribution is -2.48. The molecule has 0 saturated carbocycles. The average molecular weight is 461 g/mol. The molecule has 34 heavy (non-hydrogen) atoms. The van der Waals surface area contributed by atoms with E-state index in [4.69, 9.17) is 4.74 Å². The van der Waals surface area contributed by atoms with Crippen molar-refractivity contribution >= 4 is 23.7 Å². The van der Waals surface area contributed by atoms with Crippen LogP contribution in [0.2, 0.25) is 0 Å². The largest absolute Gasteiger partial charge is 0.454 e. The molecule has 1 heterocycles. The standard InChI is InChI=1S/C27H28N2O5/c1-18(20-12-6-3-7-13-20)28-24(30)17-34-27(33)23(16-19-10-4-2-5-11-19)29-25(31)21-14-8-9-15-22(21)26(29)32/h2-13,18,21-23H,14-17H2,1H3,(H,28,30)/t18-,21+,22+,23-/m0/s1. The molecular weight excluding hydrogens is 432 g/mol. The molecule has 1 aliphatic heterocycles. The molecule has 0 aromatic heterocycles. The number of nitrogens with one attached hydrogen (secondary N) is 1. The topological polar surface area (TPSA) is 92.8 Å². The number of rotatable bonds is 8. The second-order valence-corrected chi connectivity index (χ2v) is 8.72. The molecule has 3 amide bonds. The molecule has 7 nitrogen and oxygen atoms in total. The van der Waals surface area contributed by atoms with Crippen LogP contribution in [0.4, 0.5) is 0 Å². The summed E-state index contributed by atoms with van der Waals surface area (Å²) in [6.07, 6.45) is 4.90. The summed E-state index contributed by atoms with van der Waals surface area (Å²) in [7, 11) is 0. The van der Waals surface area contributed by atoms with Gasteiger partial charge in [-0.2, -0.15) is 0 Å². The van der Waals surface area contributed by atoms with Gasteiger partial charge in [0.2, 0.25) is 11.8 Å². The summed E-state index contributed by atoms with van der Waals surface area (Å²) < 4.78 is 5.32. The lowest BCUT2D eigenvalue weighted by molar-refractivity contribution is -0.160. The summed E-state index contributed by atoms with van der Waals surface area (Å²) in [5.41, 5.74) is 1.72. The maximum Gasteiger partial charge on any atom is 0.330 e. The van der Waals surface area contributed by atoms with E-state index < -0.39 is 36.4 Å². The minimum Gasteiger partial charge on any atom is -0.454 e. The molecule has 1 fully saturated rings. The lowest BCUT2D eigenvalue weighted by Gasteiger charge is -2.25. The van der Waals surface area contributed by atoms with E-state index >= 15 is 0 Å². The molecule has 4 rings (SSSR count). The van der Waals surface area contributed by atoms with Gasteiger partial charge in [0.15, 0.2) is 6.61 Å². The average Bonchev–Trinajstić information content (AvgIpc) is 3.12. The Morgan fingerprint density at radius 1 is 0.941 bits per heavy atom. The molecule has 2 aromatic carbocycles. The van der Waals surface area contributed by atoms with E-state index in [1.165, 1.54) is 0 Å². The van der Waals surface area contributed by atoms with Crippen LogP contribution < -0.4 is 5.32 Å². The predicted molar refractivity (Wildman–Crippen MR) is 125 cm³/mol. The van der Waals surface area contributed by atoms with Crippen molar-refractivity contribution in [3.05, 3.63) is 83.9 Å². The number of carbonyl (C=O) groups is 4. The number of esters is 1.